The summed E-state index contributed by atoms with van der Waals surface area (Å²) in [4.78, 5) is 0. The Morgan fingerprint density at radius 2 is 2.11 bits per heavy atom. The van der Waals surface area contributed by atoms with Gasteiger partial charge in [0.05, 0.1) is 12.2 Å². The van der Waals surface area contributed by atoms with Crippen molar-refractivity contribution >= 4 is 5.82 Å². The molecule has 0 aliphatic heterocycles. The lowest BCUT2D eigenvalue weighted by Crippen LogP contribution is -2.00. The molecule has 2 N–H and O–H groups in total. The van der Waals surface area contributed by atoms with Crippen LogP contribution in [-0.4, -0.2) is 16.9 Å². The van der Waals surface area contributed by atoms with Gasteiger partial charge in [-0.2, -0.15) is 5.10 Å². The highest BCUT2D eigenvalue weighted by atomic mass is 19.1. The lowest BCUT2D eigenvalue weighted by Gasteiger charge is -2.07. The van der Waals surface area contributed by atoms with E-state index in [0.29, 0.717) is 5.82 Å². The number of benzene rings is 1. The van der Waals surface area contributed by atoms with Gasteiger partial charge in [-0.25, -0.2) is 8.78 Å². The van der Waals surface area contributed by atoms with Crippen LogP contribution < -0.4 is 5.73 Å². The van der Waals surface area contributed by atoms with E-state index < -0.39 is 11.6 Å². The molecule has 4 nitrogen and oxygen atoms in total. The average Bonchev–Trinajstić information content (AvgIpc) is 2.63. The predicted octanol–water partition coefficient (Wildman–Crippen LogP) is 2.09. The second-order valence-electron chi connectivity index (χ2n) is 3.91. The quantitative estimate of drug-likeness (QED) is 0.911. The van der Waals surface area contributed by atoms with Crippen molar-refractivity contribution in [3.05, 3.63) is 35.4 Å². The molecule has 18 heavy (non-hydrogen) atoms. The van der Waals surface area contributed by atoms with Crippen molar-refractivity contribution in [3.63, 3.8) is 0 Å². The smallest absolute Gasteiger partial charge is 0.141 e. The van der Waals surface area contributed by atoms with Crippen molar-refractivity contribution in [1.82, 2.24) is 9.78 Å². The summed E-state index contributed by atoms with van der Waals surface area (Å²) in [6.07, 6.45) is 0. The van der Waals surface area contributed by atoms with Crippen molar-refractivity contribution in [2.24, 2.45) is 7.05 Å². The maximum Gasteiger partial charge on any atom is 0.141 e. The number of nitrogens with two attached hydrogens (primary N) is 1. The number of hydrogen-bond donors (Lipinski definition) is 1. The molecule has 0 amide bonds. The summed E-state index contributed by atoms with van der Waals surface area (Å²) in [6.45, 7) is 0.0709. The second kappa shape index (κ2) is 4.73. The van der Waals surface area contributed by atoms with Crippen molar-refractivity contribution in [2.75, 3.05) is 12.8 Å². The van der Waals surface area contributed by atoms with E-state index in [-0.39, 0.29) is 23.4 Å². The number of ether oxygens (including phenoxy) is 1. The summed E-state index contributed by atoms with van der Waals surface area (Å²) in [5.41, 5.74) is 5.87. The van der Waals surface area contributed by atoms with Gasteiger partial charge in [-0.1, -0.05) is 6.07 Å². The monoisotopic (exact) mass is 253 g/mol. The van der Waals surface area contributed by atoms with Crippen LogP contribution in [-0.2, 0) is 18.4 Å². The van der Waals surface area contributed by atoms with Gasteiger partial charge in [-0.05, 0) is 6.07 Å². The third-order valence-electron chi connectivity index (χ3n) is 2.64. The number of rotatable bonds is 3. The van der Waals surface area contributed by atoms with E-state index in [2.05, 4.69) is 5.10 Å². The molecule has 2 rings (SSSR count). The zero-order chi connectivity index (χ0) is 13.3. The fraction of sp³-hybridized carbons (Fsp3) is 0.250. The van der Waals surface area contributed by atoms with Crippen LogP contribution in [0.2, 0.25) is 0 Å². The Balaban J connectivity index is 2.58. The highest BCUT2D eigenvalue weighted by Gasteiger charge is 2.18. The molecule has 1 aromatic carbocycles. The third-order valence-corrected chi connectivity index (χ3v) is 2.64. The Morgan fingerprint density at radius 1 is 1.39 bits per heavy atom. The van der Waals surface area contributed by atoms with Gasteiger partial charge in [0.15, 0.2) is 0 Å². The Hall–Kier alpha value is -1.95. The van der Waals surface area contributed by atoms with Crippen LogP contribution in [0.25, 0.3) is 11.3 Å². The highest BCUT2D eigenvalue weighted by Crippen LogP contribution is 2.28. The maximum atomic E-state index is 14.1. The number of aromatic nitrogens is 2. The predicted molar refractivity (Wildman–Crippen MR) is 63.7 cm³/mol. The first-order valence-corrected chi connectivity index (χ1v) is 5.30. The van der Waals surface area contributed by atoms with Crippen LogP contribution >= 0.6 is 0 Å². The molecule has 0 aliphatic carbocycles. The summed E-state index contributed by atoms with van der Waals surface area (Å²) >= 11 is 0. The zero-order valence-corrected chi connectivity index (χ0v) is 10.1. The fourth-order valence-electron chi connectivity index (χ4n) is 1.70. The van der Waals surface area contributed by atoms with Crippen LogP contribution in [0.15, 0.2) is 18.2 Å². The molecule has 0 radical (unpaired) electrons. The molecule has 1 heterocycles. The molecule has 0 saturated heterocycles. The first-order valence-electron chi connectivity index (χ1n) is 5.30. The molecule has 0 atom stereocenters. The summed E-state index contributed by atoms with van der Waals surface area (Å²) in [5, 5.41) is 3.97. The molecule has 0 fully saturated rings. The average molecular weight is 253 g/mol. The molecule has 0 aliphatic rings. The van der Waals surface area contributed by atoms with E-state index in [1.54, 1.807) is 7.05 Å². The molecule has 2 aromatic rings. The van der Waals surface area contributed by atoms with E-state index in [4.69, 9.17) is 10.5 Å². The highest BCUT2D eigenvalue weighted by molar-refractivity contribution is 5.64. The van der Waals surface area contributed by atoms with Crippen LogP contribution in [0.5, 0.6) is 0 Å². The second-order valence-corrected chi connectivity index (χ2v) is 3.91. The molecular formula is C12H13F2N3O. The van der Waals surface area contributed by atoms with E-state index in [9.17, 15) is 8.78 Å². The standard InChI is InChI=1S/C12H13F2N3O/c1-17-10(15)5-9(16-17)11-8(13)4-3-7(6-18-2)12(11)14/h3-5H,6,15H2,1-2H3. The van der Waals surface area contributed by atoms with Crippen LogP contribution in [0.3, 0.4) is 0 Å². The summed E-state index contributed by atoms with van der Waals surface area (Å²) in [5.74, 6) is -1.01. The van der Waals surface area contributed by atoms with Crippen molar-refractivity contribution in [1.29, 1.82) is 0 Å². The molecule has 1 aromatic heterocycles. The number of nitrogen functional groups attached to an aromatic ring is 1. The number of hydrogen-bond acceptors (Lipinski definition) is 3. The van der Waals surface area contributed by atoms with Gasteiger partial charge >= 0.3 is 0 Å². The Bertz CT molecular complexity index is 561. The normalized spacial score (nSPS) is 10.9. The Kier molecular flexibility index (Phi) is 3.29. The van der Waals surface area contributed by atoms with E-state index >= 15 is 0 Å². The van der Waals surface area contributed by atoms with E-state index in [1.807, 2.05) is 0 Å². The minimum atomic E-state index is -0.676. The minimum absolute atomic E-state index is 0.0709. The van der Waals surface area contributed by atoms with Crippen molar-refractivity contribution < 1.29 is 13.5 Å². The fourth-order valence-corrected chi connectivity index (χ4v) is 1.70. The van der Waals surface area contributed by atoms with Crippen molar-refractivity contribution in [3.8, 4) is 11.3 Å². The van der Waals surface area contributed by atoms with Gasteiger partial charge in [0.25, 0.3) is 0 Å². The molecule has 0 saturated carbocycles. The SMILES string of the molecule is COCc1ccc(F)c(-c2cc(N)n(C)n2)c1F. The number of methoxy groups -OCH3 is 1. The summed E-state index contributed by atoms with van der Waals surface area (Å²) < 4.78 is 34.1. The Morgan fingerprint density at radius 3 is 2.67 bits per heavy atom. The van der Waals surface area contributed by atoms with Gasteiger partial charge in [0.2, 0.25) is 0 Å². The van der Waals surface area contributed by atoms with Gasteiger partial charge in [-0.3, -0.25) is 4.68 Å². The van der Waals surface area contributed by atoms with Gasteiger partial charge < -0.3 is 10.5 Å². The maximum absolute atomic E-state index is 14.1. The molecule has 6 heteroatoms. The molecular weight excluding hydrogens is 240 g/mol. The van der Waals surface area contributed by atoms with Crippen molar-refractivity contribution in [2.45, 2.75) is 6.61 Å². The number of nitrogens with zero attached hydrogens (tertiary/aromatic N) is 2. The number of halogens is 2. The van der Waals surface area contributed by atoms with Crippen LogP contribution in [0.1, 0.15) is 5.56 Å². The molecule has 0 bridgehead atoms. The molecule has 96 valence electrons. The van der Waals surface area contributed by atoms with Crippen LogP contribution in [0, 0.1) is 11.6 Å². The van der Waals surface area contributed by atoms with Crippen LogP contribution in [0.4, 0.5) is 14.6 Å². The minimum Gasteiger partial charge on any atom is -0.384 e. The van der Waals surface area contributed by atoms with Gasteiger partial charge in [0.1, 0.15) is 23.1 Å². The number of aryl methyl sites for hydroxylation is 1. The lowest BCUT2D eigenvalue weighted by atomic mass is 10.1. The first kappa shape index (κ1) is 12.5. The largest absolute Gasteiger partial charge is 0.384 e. The summed E-state index contributed by atoms with van der Waals surface area (Å²) in [6, 6.07) is 3.97. The topological polar surface area (TPSA) is 53.1 Å². The number of anilines is 1. The van der Waals surface area contributed by atoms with E-state index in [1.165, 1.54) is 30.0 Å². The van der Waals surface area contributed by atoms with Gasteiger partial charge in [-0.15, -0.1) is 0 Å². The molecule has 0 unspecified atom stereocenters. The lowest BCUT2D eigenvalue weighted by molar-refractivity contribution is 0.181. The van der Waals surface area contributed by atoms with E-state index in [0.717, 1.165) is 0 Å². The Labute approximate surface area is 103 Å². The summed E-state index contributed by atoms with van der Waals surface area (Å²) in [7, 11) is 3.05. The third kappa shape index (κ3) is 2.06. The zero-order valence-electron chi connectivity index (χ0n) is 10.1. The first-order chi connectivity index (χ1) is 8.54. The molecule has 0 spiro atoms. The van der Waals surface area contributed by atoms with Gasteiger partial charge in [0, 0.05) is 25.8 Å².